The van der Waals surface area contributed by atoms with Gasteiger partial charge in [-0.05, 0) is 24.5 Å². The molecule has 0 heterocycles. The molecule has 4 heteroatoms. The SMILES string of the molecule is C=CCNC(N)=NCC1(c2ccccc2Cl)CC1. The molecule has 0 unspecified atom stereocenters. The van der Waals surface area contributed by atoms with Crippen LogP contribution in [0, 0.1) is 0 Å². The third-order valence-electron chi connectivity index (χ3n) is 3.28. The molecule has 0 bridgehead atoms. The van der Waals surface area contributed by atoms with Gasteiger partial charge in [-0.15, -0.1) is 6.58 Å². The minimum atomic E-state index is 0.0961. The number of rotatable bonds is 5. The second-order valence-corrected chi connectivity index (χ2v) is 5.04. The Morgan fingerprint density at radius 3 is 2.83 bits per heavy atom. The molecule has 3 N–H and O–H groups in total. The molecule has 0 spiro atoms. The van der Waals surface area contributed by atoms with E-state index in [9.17, 15) is 0 Å². The Bertz CT molecular complexity index is 464. The van der Waals surface area contributed by atoms with E-state index in [1.165, 1.54) is 5.56 Å². The Hall–Kier alpha value is -1.48. The quantitative estimate of drug-likeness (QED) is 0.487. The molecule has 1 saturated carbocycles. The Morgan fingerprint density at radius 1 is 1.50 bits per heavy atom. The van der Waals surface area contributed by atoms with Crippen molar-refractivity contribution in [2.45, 2.75) is 18.3 Å². The molecule has 96 valence electrons. The summed E-state index contributed by atoms with van der Waals surface area (Å²) >= 11 is 6.24. The maximum absolute atomic E-state index is 6.24. The Balaban J connectivity index is 2.05. The van der Waals surface area contributed by atoms with Crippen molar-refractivity contribution < 1.29 is 0 Å². The van der Waals surface area contributed by atoms with E-state index in [-0.39, 0.29) is 5.41 Å². The molecule has 1 aliphatic carbocycles. The van der Waals surface area contributed by atoms with Gasteiger partial charge in [-0.2, -0.15) is 0 Å². The fourth-order valence-electron chi connectivity index (χ4n) is 2.02. The van der Waals surface area contributed by atoms with Gasteiger partial charge >= 0.3 is 0 Å². The largest absolute Gasteiger partial charge is 0.370 e. The first kappa shape index (κ1) is 13.0. The lowest BCUT2D eigenvalue weighted by Gasteiger charge is -2.15. The number of aliphatic imine (C=N–C) groups is 1. The van der Waals surface area contributed by atoms with Crippen molar-refractivity contribution in [2.75, 3.05) is 13.1 Å². The van der Waals surface area contributed by atoms with Gasteiger partial charge in [-0.25, -0.2) is 0 Å². The smallest absolute Gasteiger partial charge is 0.188 e. The lowest BCUT2D eigenvalue weighted by molar-refractivity contribution is 0.702. The highest BCUT2D eigenvalue weighted by Crippen LogP contribution is 2.50. The van der Waals surface area contributed by atoms with E-state index in [0.29, 0.717) is 19.0 Å². The summed E-state index contributed by atoms with van der Waals surface area (Å²) in [6.45, 7) is 4.94. The lowest BCUT2D eigenvalue weighted by Crippen LogP contribution is -2.32. The van der Waals surface area contributed by atoms with Crippen LogP contribution in [0.15, 0.2) is 41.9 Å². The lowest BCUT2D eigenvalue weighted by atomic mass is 9.96. The van der Waals surface area contributed by atoms with Crippen LogP contribution >= 0.6 is 11.6 Å². The number of halogens is 1. The predicted molar refractivity (Wildman–Crippen MR) is 77.1 cm³/mol. The van der Waals surface area contributed by atoms with E-state index in [4.69, 9.17) is 17.3 Å². The van der Waals surface area contributed by atoms with Gasteiger partial charge in [-0.3, -0.25) is 4.99 Å². The Kier molecular flexibility index (Phi) is 3.92. The van der Waals surface area contributed by atoms with E-state index in [0.717, 1.165) is 17.9 Å². The standard InChI is InChI=1S/C14H18ClN3/c1-2-9-17-13(16)18-10-14(7-8-14)11-5-3-4-6-12(11)15/h2-6H,1,7-10H2,(H3,16,17,18). The van der Waals surface area contributed by atoms with E-state index in [1.807, 2.05) is 18.2 Å². The zero-order valence-corrected chi connectivity index (χ0v) is 11.1. The van der Waals surface area contributed by atoms with Crippen LogP contribution in [-0.4, -0.2) is 19.0 Å². The van der Waals surface area contributed by atoms with E-state index in [1.54, 1.807) is 6.08 Å². The number of nitrogens with two attached hydrogens (primary N) is 1. The molecule has 1 aromatic carbocycles. The third kappa shape index (κ3) is 2.85. The fourth-order valence-corrected chi connectivity index (χ4v) is 2.36. The average molecular weight is 264 g/mol. The molecule has 2 rings (SSSR count). The number of benzene rings is 1. The predicted octanol–water partition coefficient (Wildman–Crippen LogP) is 2.46. The molecular formula is C14H18ClN3. The van der Waals surface area contributed by atoms with Gasteiger partial charge in [0.1, 0.15) is 0 Å². The molecule has 0 saturated heterocycles. The molecule has 1 fully saturated rings. The van der Waals surface area contributed by atoms with Gasteiger partial charge in [0.05, 0.1) is 6.54 Å². The third-order valence-corrected chi connectivity index (χ3v) is 3.61. The van der Waals surface area contributed by atoms with E-state index >= 15 is 0 Å². The summed E-state index contributed by atoms with van der Waals surface area (Å²) in [6.07, 6.45) is 3.99. The van der Waals surface area contributed by atoms with Crippen LogP contribution in [0.5, 0.6) is 0 Å². The summed E-state index contributed by atoms with van der Waals surface area (Å²) in [4.78, 5) is 4.39. The molecule has 0 aromatic heterocycles. The molecule has 0 atom stereocenters. The minimum absolute atomic E-state index is 0.0961. The van der Waals surface area contributed by atoms with Crippen molar-refractivity contribution >= 4 is 17.6 Å². The van der Waals surface area contributed by atoms with Gasteiger partial charge < -0.3 is 11.1 Å². The second kappa shape index (κ2) is 5.44. The number of hydrogen-bond donors (Lipinski definition) is 2. The van der Waals surface area contributed by atoms with Crippen LogP contribution in [-0.2, 0) is 5.41 Å². The summed E-state index contributed by atoms with van der Waals surface area (Å²) in [5.41, 5.74) is 7.05. The molecule has 18 heavy (non-hydrogen) atoms. The number of nitrogens with zero attached hydrogens (tertiary/aromatic N) is 1. The highest BCUT2D eigenvalue weighted by molar-refractivity contribution is 6.31. The van der Waals surface area contributed by atoms with E-state index in [2.05, 4.69) is 23.0 Å². The van der Waals surface area contributed by atoms with Crippen molar-refractivity contribution in [3.8, 4) is 0 Å². The molecular weight excluding hydrogens is 246 g/mol. The van der Waals surface area contributed by atoms with E-state index < -0.39 is 0 Å². The van der Waals surface area contributed by atoms with Crippen molar-refractivity contribution in [1.82, 2.24) is 5.32 Å². The van der Waals surface area contributed by atoms with Gasteiger partial charge in [0.15, 0.2) is 5.96 Å². The molecule has 1 aromatic rings. The Labute approximate surface area is 113 Å². The Morgan fingerprint density at radius 2 is 2.22 bits per heavy atom. The van der Waals surface area contributed by atoms with Gasteiger partial charge in [0, 0.05) is 17.0 Å². The van der Waals surface area contributed by atoms with Gasteiger partial charge in [0.2, 0.25) is 0 Å². The molecule has 3 nitrogen and oxygen atoms in total. The molecule has 0 aliphatic heterocycles. The number of nitrogens with one attached hydrogen (secondary N) is 1. The topological polar surface area (TPSA) is 50.4 Å². The zero-order chi connectivity index (χ0) is 13.0. The van der Waals surface area contributed by atoms with Crippen LogP contribution in [0.4, 0.5) is 0 Å². The van der Waals surface area contributed by atoms with Gasteiger partial charge in [0.25, 0.3) is 0 Å². The molecule has 0 amide bonds. The number of hydrogen-bond acceptors (Lipinski definition) is 1. The summed E-state index contributed by atoms with van der Waals surface area (Å²) in [6, 6.07) is 7.98. The highest BCUT2D eigenvalue weighted by atomic mass is 35.5. The zero-order valence-electron chi connectivity index (χ0n) is 10.3. The van der Waals surface area contributed by atoms with Crippen LogP contribution in [0.1, 0.15) is 18.4 Å². The average Bonchev–Trinajstić information content (AvgIpc) is 3.15. The first-order valence-corrected chi connectivity index (χ1v) is 6.45. The first-order chi connectivity index (χ1) is 8.68. The highest BCUT2D eigenvalue weighted by Gasteiger charge is 2.45. The van der Waals surface area contributed by atoms with Crippen molar-refractivity contribution in [2.24, 2.45) is 10.7 Å². The van der Waals surface area contributed by atoms with Crippen LogP contribution < -0.4 is 11.1 Å². The second-order valence-electron chi connectivity index (χ2n) is 4.63. The van der Waals surface area contributed by atoms with Crippen LogP contribution in [0.25, 0.3) is 0 Å². The normalized spacial score (nSPS) is 17.3. The summed E-state index contributed by atoms with van der Waals surface area (Å²) in [5.74, 6) is 0.466. The van der Waals surface area contributed by atoms with Crippen molar-refractivity contribution in [3.05, 3.63) is 47.5 Å². The maximum atomic E-state index is 6.24. The first-order valence-electron chi connectivity index (χ1n) is 6.08. The summed E-state index contributed by atoms with van der Waals surface area (Å²) in [5, 5.41) is 3.80. The monoisotopic (exact) mass is 263 g/mol. The van der Waals surface area contributed by atoms with Crippen molar-refractivity contribution in [3.63, 3.8) is 0 Å². The maximum Gasteiger partial charge on any atom is 0.188 e. The summed E-state index contributed by atoms with van der Waals surface area (Å²) < 4.78 is 0. The van der Waals surface area contributed by atoms with Crippen LogP contribution in [0.3, 0.4) is 0 Å². The minimum Gasteiger partial charge on any atom is -0.370 e. The number of guanidine groups is 1. The molecule has 0 radical (unpaired) electrons. The van der Waals surface area contributed by atoms with Crippen molar-refractivity contribution in [1.29, 1.82) is 0 Å². The summed E-state index contributed by atoms with van der Waals surface area (Å²) in [7, 11) is 0. The van der Waals surface area contributed by atoms with Gasteiger partial charge in [-0.1, -0.05) is 35.9 Å². The fraction of sp³-hybridized carbons (Fsp3) is 0.357. The van der Waals surface area contributed by atoms with Crippen LogP contribution in [0.2, 0.25) is 5.02 Å². The molecule has 1 aliphatic rings.